The first-order chi connectivity index (χ1) is 5.54. The number of hydrogen-bond acceptors (Lipinski definition) is 2. The molecule has 0 aliphatic carbocycles. The molecule has 0 aliphatic rings. The molecule has 1 atom stereocenters. The maximum Gasteiger partial charge on any atom is 0.0880 e. The monoisotopic (exact) mass is 170 g/mol. The minimum atomic E-state index is -0.463. The number of hydrogen-bond donors (Lipinski definition) is 1. The molecule has 0 radical (unpaired) electrons. The van der Waals surface area contributed by atoms with E-state index in [1.807, 2.05) is 13.8 Å². The molecule has 0 fully saturated rings. The third-order valence-corrected chi connectivity index (χ3v) is 2.05. The summed E-state index contributed by atoms with van der Waals surface area (Å²) in [5.74, 6) is 5.70. The summed E-state index contributed by atoms with van der Waals surface area (Å²) in [6.07, 6.45) is 0.954. The highest BCUT2D eigenvalue weighted by molar-refractivity contribution is 4.96. The van der Waals surface area contributed by atoms with E-state index < -0.39 is 11.7 Å². The molecule has 1 unspecified atom stereocenters. The number of aliphatic hydroxyl groups excluding tert-OH is 1. The van der Waals surface area contributed by atoms with Crippen molar-refractivity contribution in [2.24, 2.45) is 0 Å². The maximum atomic E-state index is 9.61. The molecule has 0 heterocycles. The molecule has 2 heteroatoms. The van der Waals surface area contributed by atoms with Crippen molar-refractivity contribution < 1.29 is 9.84 Å². The standard InChI is InChI=1S/C10H18O2/c1-5-6-7-8-9(11)10(2,3)12-4/h9,11H,7-8H2,1-4H3. The van der Waals surface area contributed by atoms with E-state index in [9.17, 15) is 5.11 Å². The fraction of sp³-hybridized carbons (Fsp3) is 0.800. The number of rotatable bonds is 4. The molecule has 2 nitrogen and oxygen atoms in total. The van der Waals surface area contributed by atoms with Gasteiger partial charge in [0.05, 0.1) is 11.7 Å². The van der Waals surface area contributed by atoms with Crippen molar-refractivity contribution in [3.8, 4) is 11.8 Å². The molecule has 0 aromatic rings. The molecule has 0 amide bonds. The normalized spacial score (nSPS) is 13.4. The van der Waals surface area contributed by atoms with Gasteiger partial charge in [-0.05, 0) is 27.2 Å². The van der Waals surface area contributed by atoms with E-state index in [2.05, 4.69) is 11.8 Å². The Kier molecular flexibility index (Phi) is 4.96. The second-order valence-electron chi connectivity index (χ2n) is 3.29. The van der Waals surface area contributed by atoms with Crippen LogP contribution >= 0.6 is 0 Å². The quantitative estimate of drug-likeness (QED) is 0.649. The average molecular weight is 170 g/mol. The summed E-state index contributed by atoms with van der Waals surface area (Å²) in [5.41, 5.74) is -0.463. The van der Waals surface area contributed by atoms with Gasteiger partial charge in [-0.1, -0.05) is 0 Å². The average Bonchev–Trinajstić information content (AvgIpc) is 2.05. The Labute approximate surface area is 74.9 Å². The lowest BCUT2D eigenvalue weighted by atomic mass is 9.97. The van der Waals surface area contributed by atoms with Crippen LogP contribution in [0.3, 0.4) is 0 Å². The lowest BCUT2D eigenvalue weighted by molar-refractivity contribution is -0.0793. The second-order valence-corrected chi connectivity index (χ2v) is 3.29. The third-order valence-electron chi connectivity index (χ3n) is 2.05. The summed E-state index contributed by atoms with van der Waals surface area (Å²) in [7, 11) is 1.61. The lowest BCUT2D eigenvalue weighted by Crippen LogP contribution is -2.37. The number of aliphatic hydroxyl groups is 1. The van der Waals surface area contributed by atoms with Crippen LogP contribution in [0.5, 0.6) is 0 Å². The lowest BCUT2D eigenvalue weighted by Gasteiger charge is -2.28. The first kappa shape index (κ1) is 11.5. The Morgan fingerprint density at radius 1 is 1.50 bits per heavy atom. The van der Waals surface area contributed by atoms with Gasteiger partial charge in [0.2, 0.25) is 0 Å². The highest BCUT2D eigenvalue weighted by Crippen LogP contribution is 2.17. The molecular weight excluding hydrogens is 152 g/mol. The van der Waals surface area contributed by atoms with E-state index in [1.165, 1.54) is 0 Å². The second kappa shape index (κ2) is 5.18. The Hall–Kier alpha value is -0.520. The summed E-state index contributed by atoms with van der Waals surface area (Å²) in [5, 5.41) is 9.61. The Bertz CT molecular complexity index is 174. The molecule has 0 aromatic heterocycles. The van der Waals surface area contributed by atoms with Crippen molar-refractivity contribution in [1.82, 2.24) is 0 Å². The van der Waals surface area contributed by atoms with E-state index in [0.717, 1.165) is 6.42 Å². The first-order valence-electron chi connectivity index (χ1n) is 4.17. The van der Waals surface area contributed by atoms with Crippen LogP contribution in [0.2, 0.25) is 0 Å². The fourth-order valence-electron chi connectivity index (χ4n) is 0.818. The van der Waals surface area contributed by atoms with Gasteiger partial charge in [0.25, 0.3) is 0 Å². The van der Waals surface area contributed by atoms with Crippen LogP contribution < -0.4 is 0 Å². The first-order valence-corrected chi connectivity index (χ1v) is 4.17. The van der Waals surface area contributed by atoms with Crippen molar-refractivity contribution in [3.63, 3.8) is 0 Å². The Morgan fingerprint density at radius 3 is 2.50 bits per heavy atom. The third kappa shape index (κ3) is 3.75. The van der Waals surface area contributed by atoms with E-state index in [-0.39, 0.29) is 0 Å². The zero-order valence-electron chi connectivity index (χ0n) is 8.35. The molecule has 0 aliphatic heterocycles. The SMILES string of the molecule is CC#CCCC(O)C(C)(C)OC. The van der Waals surface area contributed by atoms with Crippen LogP contribution in [-0.2, 0) is 4.74 Å². The largest absolute Gasteiger partial charge is 0.390 e. The summed E-state index contributed by atoms with van der Waals surface area (Å²) in [6.45, 7) is 5.54. The molecule has 1 N–H and O–H groups in total. The van der Waals surface area contributed by atoms with Crippen LogP contribution in [0.15, 0.2) is 0 Å². The maximum absolute atomic E-state index is 9.61. The molecule has 0 saturated heterocycles. The predicted molar refractivity (Wildman–Crippen MR) is 49.8 cm³/mol. The van der Waals surface area contributed by atoms with Gasteiger partial charge in [0.1, 0.15) is 0 Å². The van der Waals surface area contributed by atoms with Crippen molar-refractivity contribution in [2.75, 3.05) is 7.11 Å². The molecule has 12 heavy (non-hydrogen) atoms. The van der Waals surface area contributed by atoms with E-state index in [0.29, 0.717) is 6.42 Å². The van der Waals surface area contributed by atoms with Gasteiger partial charge in [0.15, 0.2) is 0 Å². The molecule has 0 rings (SSSR count). The zero-order chi connectivity index (χ0) is 9.61. The minimum Gasteiger partial charge on any atom is -0.390 e. The summed E-state index contributed by atoms with van der Waals surface area (Å²) >= 11 is 0. The van der Waals surface area contributed by atoms with E-state index >= 15 is 0 Å². The Morgan fingerprint density at radius 2 is 2.08 bits per heavy atom. The fourth-order valence-corrected chi connectivity index (χ4v) is 0.818. The van der Waals surface area contributed by atoms with Gasteiger partial charge in [0, 0.05) is 13.5 Å². The Balaban J connectivity index is 3.83. The van der Waals surface area contributed by atoms with Crippen molar-refractivity contribution >= 4 is 0 Å². The van der Waals surface area contributed by atoms with Gasteiger partial charge >= 0.3 is 0 Å². The van der Waals surface area contributed by atoms with Crippen LogP contribution in [0.1, 0.15) is 33.6 Å². The highest BCUT2D eigenvalue weighted by Gasteiger charge is 2.26. The summed E-state index contributed by atoms with van der Waals surface area (Å²) in [4.78, 5) is 0. The van der Waals surface area contributed by atoms with Crippen LogP contribution in [0.25, 0.3) is 0 Å². The van der Waals surface area contributed by atoms with Crippen LogP contribution in [0, 0.1) is 11.8 Å². The van der Waals surface area contributed by atoms with Crippen molar-refractivity contribution in [3.05, 3.63) is 0 Å². The van der Waals surface area contributed by atoms with Gasteiger partial charge in [-0.2, -0.15) is 0 Å². The van der Waals surface area contributed by atoms with E-state index in [1.54, 1.807) is 14.0 Å². The molecule has 70 valence electrons. The molecular formula is C10H18O2. The predicted octanol–water partition coefficient (Wildman–Crippen LogP) is 1.58. The smallest absolute Gasteiger partial charge is 0.0880 e. The van der Waals surface area contributed by atoms with Gasteiger partial charge in [-0.3, -0.25) is 0 Å². The topological polar surface area (TPSA) is 29.5 Å². The van der Waals surface area contributed by atoms with Gasteiger partial charge < -0.3 is 9.84 Å². The molecule has 0 aromatic carbocycles. The van der Waals surface area contributed by atoms with Crippen molar-refractivity contribution in [2.45, 2.75) is 45.3 Å². The molecule has 0 spiro atoms. The number of methoxy groups -OCH3 is 1. The number of ether oxygens (including phenoxy) is 1. The molecule has 0 saturated carbocycles. The van der Waals surface area contributed by atoms with Gasteiger partial charge in [-0.25, -0.2) is 0 Å². The van der Waals surface area contributed by atoms with Crippen LogP contribution in [0.4, 0.5) is 0 Å². The van der Waals surface area contributed by atoms with Gasteiger partial charge in [-0.15, -0.1) is 11.8 Å². The van der Waals surface area contributed by atoms with Crippen molar-refractivity contribution in [1.29, 1.82) is 0 Å². The van der Waals surface area contributed by atoms with E-state index in [4.69, 9.17) is 4.74 Å². The highest BCUT2D eigenvalue weighted by atomic mass is 16.5. The summed E-state index contributed by atoms with van der Waals surface area (Å²) in [6, 6.07) is 0. The van der Waals surface area contributed by atoms with Crippen LogP contribution in [-0.4, -0.2) is 23.9 Å². The summed E-state index contributed by atoms with van der Waals surface area (Å²) < 4.78 is 5.13. The molecule has 0 bridgehead atoms. The zero-order valence-corrected chi connectivity index (χ0v) is 8.35. The minimum absolute atomic E-state index is 0.441.